The van der Waals surface area contributed by atoms with E-state index < -0.39 is 39.1 Å². The molecule has 0 bridgehead atoms. The molecule has 0 aromatic heterocycles. The number of ether oxygens (including phenoxy) is 1. The zero-order chi connectivity index (χ0) is 14.9. The number of carbonyl (C=O) groups is 2. The third kappa shape index (κ3) is 2.80. The van der Waals surface area contributed by atoms with Gasteiger partial charge in [-0.1, -0.05) is 6.42 Å². The van der Waals surface area contributed by atoms with Crippen molar-refractivity contribution >= 4 is 21.7 Å². The van der Waals surface area contributed by atoms with Crippen molar-refractivity contribution < 1.29 is 27.9 Å². The van der Waals surface area contributed by atoms with Gasteiger partial charge in [0, 0.05) is 13.0 Å². The highest BCUT2D eigenvalue weighted by Gasteiger charge is 2.45. The van der Waals surface area contributed by atoms with Gasteiger partial charge in [0.15, 0.2) is 9.84 Å². The predicted octanol–water partition coefficient (Wildman–Crippen LogP) is -0.911. The first-order valence-corrected chi connectivity index (χ1v) is 8.36. The van der Waals surface area contributed by atoms with Crippen LogP contribution in [0.25, 0.3) is 0 Å². The number of aliphatic hydroxyl groups excluding tert-OH is 1. The van der Waals surface area contributed by atoms with Crippen LogP contribution in [0.3, 0.4) is 0 Å². The maximum absolute atomic E-state index is 12.4. The molecule has 0 spiro atoms. The first-order chi connectivity index (χ1) is 9.36. The molecule has 1 N–H and O–H groups in total. The minimum absolute atomic E-state index is 0.00267. The van der Waals surface area contributed by atoms with Gasteiger partial charge < -0.3 is 14.7 Å². The number of aliphatic hydroxyl groups is 1. The maximum atomic E-state index is 12.4. The molecule has 2 heterocycles. The number of methoxy groups -OCH3 is 1. The van der Waals surface area contributed by atoms with E-state index in [9.17, 15) is 23.1 Å². The van der Waals surface area contributed by atoms with Gasteiger partial charge in [-0.05, 0) is 12.8 Å². The highest BCUT2D eigenvalue weighted by Crippen LogP contribution is 2.26. The average molecular weight is 305 g/mol. The second-order valence-corrected chi connectivity index (χ2v) is 7.57. The van der Waals surface area contributed by atoms with Crippen LogP contribution >= 0.6 is 0 Å². The maximum Gasteiger partial charge on any atom is 0.328 e. The van der Waals surface area contributed by atoms with Crippen LogP contribution in [-0.4, -0.2) is 67.1 Å². The summed E-state index contributed by atoms with van der Waals surface area (Å²) in [6, 6.07) is -0.889. The SMILES string of the molecule is COC(=O)C1CC(O)CN1C(=O)C1CCCCS1(=O)=O. The Labute approximate surface area is 117 Å². The minimum Gasteiger partial charge on any atom is -0.467 e. The van der Waals surface area contributed by atoms with Crippen LogP contribution in [-0.2, 0) is 24.2 Å². The molecule has 0 aromatic rings. The molecule has 20 heavy (non-hydrogen) atoms. The standard InChI is InChI=1S/C12H19NO6S/c1-19-12(16)9-6-8(14)7-13(9)11(15)10-4-2-3-5-20(10,17)18/h8-10,14H,2-7H2,1H3. The molecule has 1 amide bonds. The van der Waals surface area contributed by atoms with Gasteiger partial charge in [-0.3, -0.25) is 4.79 Å². The summed E-state index contributed by atoms with van der Waals surface area (Å²) < 4.78 is 28.6. The third-order valence-corrected chi connectivity index (χ3v) is 6.05. The van der Waals surface area contributed by atoms with E-state index in [2.05, 4.69) is 4.74 Å². The molecule has 0 aromatic carbocycles. The van der Waals surface area contributed by atoms with Crippen molar-refractivity contribution in [3.63, 3.8) is 0 Å². The van der Waals surface area contributed by atoms with Crippen LogP contribution in [0.4, 0.5) is 0 Å². The molecule has 3 unspecified atom stereocenters. The summed E-state index contributed by atoms with van der Waals surface area (Å²) in [7, 11) is -2.26. The normalized spacial score (nSPS) is 32.9. The zero-order valence-electron chi connectivity index (χ0n) is 11.3. The second kappa shape index (κ2) is 5.69. The number of β-amino-alcohol motifs (C(OH)–C–C–N with tert-alkyl or cyclic N) is 1. The van der Waals surface area contributed by atoms with Gasteiger partial charge in [0.25, 0.3) is 0 Å². The fourth-order valence-corrected chi connectivity index (χ4v) is 4.69. The molecule has 0 aliphatic carbocycles. The second-order valence-electron chi connectivity index (χ2n) is 5.27. The molecule has 7 nitrogen and oxygen atoms in total. The Kier molecular flexibility index (Phi) is 4.33. The first kappa shape index (κ1) is 15.2. The van der Waals surface area contributed by atoms with E-state index in [-0.39, 0.29) is 25.1 Å². The number of sulfone groups is 1. The number of carbonyl (C=O) groups excluding carboxylic acids is 2. The average Bonchev–Trinajstić information content (AvgIpc) is 2.78. The fraction of sp³-hybridized carbons (Fsp3) is 0.833. The monoisotopic (exact) mass is 305 g/mol. The van der Waals surface area contributed by atoms with Gasteiger partial charge in [0.2, 0.25) is 5.91 Å². The lowest BCUT2D eigenvalue weighted by molar-refractivity contribution is -0.150. The number of hydrogen-bond donors (Lipinski definition) is 1. The van der Waals surface area contributed by atoms with E-state index in [4.69, 9.17) is 0 Å². The van der Waals surface area contributed by atoms with Crippen LogP contribution in [0.2, 0.25) is 0 Å². The number of nitrogens with zero attached hydrogens (tertiary/aromatic N) is 1. The van der Waals surface area contributed by atoms with Crippen LogP contribution in [0.1, 0.15) is 25.7 Å². The van der Waals surface area contributed by atoms with Gasteiger partial charge in [-0.25, -0.2) is 13.2 Å². The van der Waals surface area contributed by atoms with Gasteiger partial charge >= 0.3 is 5.97 Å². The number of amides is 1. The molecule has 2 aliphatic rings. The van der Waals surface area contributed by atoms with Crippen molar-refractivity contribution in [3.05, 3.63) is 0 Å². The topological polar surface area (TPSA) is 101 Å². The van der Waals surface area contributed by atoms with Crippen molar-refractivity contribution in [3.8, 4) is 0 Å². The van der Waals surface area contributed by atoms with E-state index in [0.29, 0.717) is 12.8 Å². The molecule has 2 fully saturated rings. The van der Waals surface area contributed by atoms with E-state index in [1.54, 1.807) is 0 Å². The van der Waals surface area contributed by atoms with E-state index >= 15 is 0 Å². The highest BCUT2D eigenvalue weighted by molar-refractivity contribution is 7.92. The van der Waals surface area contributed by atoms with Gasteiger partial charge in [0.1, 0.15) is 11.3 Å². The number of rotatable bonds is 2. The summed E-state index contributed by atoms with van der Waals surface area (Å²) in [6.45, 7) is -0.0232. The molecule has 114 valence electrons. The molecule has 2 aliphatic heterocycles. The Morgan fingerprint density at radius 3 is 2.60 bits per heavy atom. The zero-order valence-corrected chi connectivity index (χ0v) is 12.1. The van der Waals surface area contributed by atoms with Gasteiger partial charge in [-0.15, -0.1) is 0 Å². The van der Waals surface area contributed by atoms with Crippen LogP contribution in [0.5, 0.6) is 0 Å². The Balaban J connectivity index is 2.20. The smallest absolute Gasteiger partial charge is 0.328 e. The minimum atomic E-state index is -3.46. The van der Waals surface area contributed by atoms with Crippen LogP contribution in [0.15, 0.2) is 0 Å². The lowest BCUT2D eigenvalue weighted by atomic mass is 10.1. The first-order valence-electron chi connectivity index (χ1n) is 6.64. The molecule has 2 saturated heterocycles. The third-order valence-electron chi connectivity index (χ3n) is 3.89. The number of likely N-dealkylation sites (tertiary alicyclic amines) is 1. The quantitative estimate of drug-likeness (QED) is 0.663. The predicted molar refractivity (Wildman–Crippen MR) is 69.6 cm³/mol. The molecule has 8 heteroatoms. The summed E-state index contributed by atoms with van der Waals surface area (Å²) in [6.07, 6.45) is 0.783. The van der Waals surface area contributed by atoms with E-state index in [1.165, 1.54) is 7.11 Å². The van der Waals surface area contributed by atoms with Crippen molar-refractivity contribution in [2.24, 2.45) is 0 Å². The van der Waals surface area contributed by atoms with Crippen molar-refractivity contribution in [2.45, 2.75) is 43.1 Å². The highest BCUT2D eigenvalue weighted by atomic mass is 32.2. The molecule has 3 atom stereocenters. The largest absolute Gasteiger partial charge is 0.467 e. The van der Waals surface area contributed by atoms with Crippen molar-refractivity contribution in [1.82, 2.24) is 4.90 Å². The van der Waals surface area contributed by atoms with Crippen LogP contribution in [0, 0.1) is 0 Å². The molecule has 0 radical (unpaired) electrons. The van der Waals surface area contributed by atoms with E-state index in [0.717, 1.165) is 4.90 Å². The molecular weight excluding hydrogens is 286 g/mol. The lowest BCUT2D eigenvalue weighted by Crippen LogP contribution is -2.49. The Hall–Kier alpha value is -1.15. The summed E-state index contributed by atoms with van der Waals surface area (Å²) in [5.41, 5.74) is 0. The van der Waals surface area contributed by atoms with Gasteiger partial charge in [-0.2, -0.15) is 0 Å². The summed E-state index contributed by atoms with van der Waals surface area (Å²) >= 11 is 0. The number of hydrogen-bond acceptors (Lipinski definition) is 6. The summed E-state index contributed by atoms with van der Waals surface area (Å²) in [5.74, 6) is -1.21. The Morgan fingerprint density at radius 2 is 2.00 bits per heavy atom. The molecule has 0 saturated carbocycles. The fourth-order valence-electron chi connectivity index (χ4n) is 2.83. The lowest BCUT2D eigenvalue weighted by Gasteiger charge is -2.29. The van der Waals surface area contributed by atoms with E-state index in [1.807, 2.05) is 0 Å². The number of esters is 1. The van der Waals surface area contributed by atoms with Crippen molar-refractivity contribution in [1.29, 1.82) is 0 Å². The van der Waals surface area contributed by atoms with Crippen LogP contribution < -0.4 is 0 Å². The Morgan fingerprint density at radius 1 is 1.30 bits per heavy atom. The molecular formula is C12H19NO6S. The summed E-state index contributed by atoms with van der Waals surface area (Å²) in [4.78, 5) is 25.2. The Bertz CT molecular complexity index is 502. The molecule has 2 rings (SSSR count). The van der Waals surface area contributed by atoms with Crippen molar-refractivity contribution in [2.75, 3.05) is 19.4 Å². The van der Waals surface area contributed by atoms with Gasteiger partial charge in [0.05, 0.1) is 19.0 Å². The summed E-state index contributed by atoms with van der Waals surface area (Å²) in [5, 5.41) is 8.55.